The van der Waals surface area contributed by atoms with Gasteiger partial charge in [0.15, 0.2) is 11.0 Å². The molecule has 0 bridgehead atoms. The van der Waals surface area contributed by atoms with Crippen molar-refractivity contribution in [3.8, 4) is 11.6 Å². The van der Waals surface area contributed by atoms with Gasteiger partial charge in [0, 0.05) is 18.0 Å². The maximum atomic E-state index is 12.8. The van der Waals surface area contributed by atoms with Crippen LogP contribution in [-0.2, 0) is 4.79 Å². The van der Waals surface area contributed by atoms with E-state index in [4.69, 9.17) is 26.5 Å². The number of nitrogens with one attached hydrogen (secondary N) is 1. The van der Waals surface area contributed by atoms with Crippen molar-refractivity contribution in [2.24, 2.45) is 5.41 Å². The van der Waals surface area contributed by atoms with Gasteiger partial charge in [0.2, 0.25) is 5.75 Å². The van der Waals surface area contributed by atoms with E-state index in [0.717, 1.165) is 38.6 Å². The number of allylic oxidation sites excluding steroid dienone is 2. The van der Waals surface area contributed by atoms with E-state index in [1.165, 1.54) is 7.11 Å². The third kappa shape index (κ3) is 4.35. The molecular formula is C24H33ClN4O4. The largest absolute Gasteiger partial charge is 0.511 e. The SMILES string of the molecule is COc1c(Cl)nc(C(=N)C2=C(O)[C@]3(CCCCC3=O)CCC2)nc1O[C@@H](C)[C@@H]1CCCN1C. The molecule has 3 aliphatic rings. The van der Waals surface area contributed by atoms with Gasteiger partial charge in [-0.1, -0.05) is 18.0 Å². The quantitative estimate of drug-likeness (QED) is 0.459. The number of aliphatic hydroxyl groups is 1. The Hall–Kier alpha value is -2.19. The minimum Gasteiger partial charge on any atom is -0.511 e. The maximum absolute atomic E-state index is 12.8. The zero-order valence-electron chi connectivity index (χ0n) is 19.6. The Morgan fingerprint density at radius 2 is 2.00 bits per heavy atom. The molecule has 33 heavy (non-hydrogen) atoms. The monoisotopic (exact) mass is 476 g/mol. The molecule has 180 valence electrons. The second-order valence-electron chi connectivity index (χ2n) is 9.46. The maximum Gasteiger partial charge on any atom is 0.262 e. The van der Waals surface area contributed by atoms with Crippen LogP contribution >= 0.6 is 11.6 Å². The molecule has 3 atom stereocenters. The number of nitrogens with zero attached hydrogens (tertiary/aromatic N) is 3. The van der Waals surface area contributed by atoms with E-state index in [2.05, 4.69) is 21.9 Å². The average molecular weight is 477 g/mol. The van der Waals surface area contributed by atoms with Crippen molar-refractivity contribution in [2.75, 3.05) is 20.7 Å². The molecule has 1 saturated carbocycles. The van der Waals surface area contributed by atoms with Crippen LogP contribution in [0.2, 0.25) is 5.15 Å². The van der Waals surface area contributed by atoms with Crippen molar-refractivity contribution in [2.45, 2.75) is 76.9 Å². The molecule has 1 saturated heterocycles. The van der Waals surface area contributed by atoms with E-state index >= 15 is 0 Å². The van der Waals surface area contributed by atoms with Crippen LogP contribution < -0.4 is 9.47 Å². The summed E-state index contributed by atoms with van der Waals surface area (Å²) in [5, 5.41) is 20.0. The summed E-state index contributed by atoms with van der Waals surface area (Å²) in [7, 11) is 3.55. The van der Waals surface area contributed by atoms with Crippen molar-refractivity contribution >= 4 is 23.1 Å². The number of ketones is 1. The first-order chi connectivity index (χ1) is 15.8. The fourth-order valence-corrected chi connectivity index (χ4v) is 5.87. The minimum absolute atomic E-state index is 0.0161. The Morgan fingerprint density at radius 1 is 1.24 bits per heavy atom. The molecule has 0 amide bonds. The number of aromatic nitrogens is 2. The van der Waals surface area contributed by atoms with Gasteiger partial charge in [-0.2, -0.15) is 4.98 Å². The Kier molecular flexibility index (Phi) is 6.96. The molecule has 1 aromatic heterocycles. The van der Waals surface area contributed by atoms with Gasteiger partial charge >= 0.3 is 0 Å². The number of hydrogen-bond acceptors (Lipinski definition) is 8. The predicted octanol–water partition coefficient (Wildman–Crippen LogP) is 4.49. The summed E-state index contributed by atoms with van der Waals surface area (Å²) in [5.41, 5.74) is -0.466. The van der Waals surface area contributed by atoms with Crippen molar-refractivity contribution < 1.29 is 19.4 Å². The lowest BCUT2D eigenvalue weighted by atomic mass is 9.64. The molecule has 2 aliphatic carbocycles. The Morgan fingerprint density at radius 3 is 2.67 bits per heavy atom. The lowest BCUT2D eigenvalue weighted by Crippen LogP contribution is -2.39. The summed E-state index contributed by atoms with van der Waals surface area (Å²) in [6.45, 7) is 3.00. The summed E-state index contributed by atoms with van der Waals surface area (Å²) in [6, 6.07) is 0.244. The molecule has 9 heteroatoms. The minimum atomic E-state index is -0.866. The van der Waals surface area contributed by atoms with Gasteiger partial charge in [-0.05, 0) is 65.5 Å². The molecule has 0 aromatic carbocycles. The highest BCUT2D eigenvalue weighted by Gasteiger charge is 2.47. The number of likely N-dealkylation sites (tertiary alicyclic amines) is 1. The normalized spacial score (nSPS) is 27.2. The number of methoxy groups -OCH3 is 1. The summed E-state index contributed by atoms with van der Waals surface area (Å²) < 4.78 is 11.6. The summed E-state index contributed by atoms with van der Waals surface area (Å²) in [6.07, 6.45) is 6.67. The van der Waals surface area contributed by atoms with E-state index in [1.54, 1.807) is 0 Å². The van der Waals surface area contributed by atoms with E-state index in [-0.39, 0.29) is 52.0 Å². The molecule has 0 radical (unpaired) electrons. The molecule has 8 nitrogen and oxygen atoms in total. The molecular weight excluding hydrogens is 444 g/mol. The molecule has 0 unspecified atom stereocenters. The van der Waals surface area contributed by atoms with Crippen LogP contribution in [0.3, 0.4) is 0 Å². The highest BCUT2D eigenvalue weighted by atomic mass is 35.5. The van der Waals surface area contributed by atoms with Gasteiger partial charge in [0.05, 0.1) is 12.5 Å². The zero-order chi connectivity index (χ0) is 23.8. The number of hydrogen-bond donors (Lipinski definition) is 2. The van der Waals surface area contributed by atoms with Gasteiger partial charge < -0.3 is 14.6 Å². The van der Waals surface area contributed by atoms with Crippen LogP contribution in [0.5, 0.6) is 11.6 Å². The molecule has 2 N–H and O–H groups in total. The van der Waals surface area contributed by atoms with E-state index in [9.17, 15) is 9.90 Å². The standard InChI is InChI=1S/C24H33ClN4O4/c1-14(16-9-7-13-29(16)2)33-23-19(32-3)21(25)27-22(28-23)18(26)15-8-6-12-24(20(15)31)11-5-4-10-17(24)30/h14,16,26,31H,4-13H2,1-3H3/t14-,16-,24+/m0/s1. The van der Waals surface area contributed by atoms with Crippen LogP contribution in [0.25, 0.3) is 0 Å². The number of halogens is 1. The molecule has 1 aliphatic heterocycles. The second kappa shape index (κ2) is 9.58. The summed E-state index contributed by atoms with van der Waals surface area (Å²) in [4.78, 5) is 23.8. The average Bonchev–Trinajstić information content (AvgIpc) is 3.23. The summed E-state index contributed by atoms with van der Waals surface area (Å²) in [5.74, 6) is 0.557. The predicted molar refractivity (Wildman–Crippen MR) is 126 cm³/mol. The molecule has 1 aromatic rings. The fraction of sp³-hybridized carbons (Fsp3) is 0.667. The molecule has 2 fully saturated rings. The van der Waals surface area contributed by atoms with Gasteiger partial charge in [0.1, 0.15) is 23.4 Å². The molecule has 4 rings (SSSR count). The zero-order valence-corrected chi connectivity index (χ0v) is 20.4. The summed E-state index contributed by atoms with van der Waals surface area (Å²) >= 11 is 6.40. The Labute approximate surface area is 199 Å². The van der Waals surface area contributed by atoms with E-state index in [0.29, 0.717) is 31.3 Å². The van der Waals surface area contributed by atoms with Crippen molar-refractivity contribution in [3.05, 3.63) is 22.3 Å². The highest BCUT2D eigenvalue weighted by molar-refractivity contribution is 6.31. The lowest BCUT2D eigenvalue weighted by molar-refractivity contribution is -0.131. The Balaban J connectivity index is 1.67. The van der Waals surface area contributed by atoms with Gasteiger partial charge in [-0.15, -0.1) is 0 Å². The number of Topliss-reactive ketones (excluding diaryl/α,β-unsaturated/α-hetero) is 1. The van der Waals surface area contributed by atoms with Crippen LogP contribution in [-0.4, -0.2) is 64.3 Å². The van der Waals surface area contributed by atoms with Crippen LogP contribution in [0.15, 0.2) is 11.3 Å². The number of carbonyl (C=O) groups is 1. The second-order valence-corrected chi connectivity index (χ2v) is 9.82. The fourth-order valence-electron chi connectivity index (χ4n) is 5.63. The van der Waals surface area contributed by atoms with Gasteiger partial charge in [-0.3, -0.25) is 15.1 Å². The first-order valence-corrected chi connectivity index (χ1v) is 12.2. The first-order valence-electron chi connectivity index (χ1n) is 11.8. The number of ether oxygens (including phenoxy) is 2. The number of rotatable bonds is 6. The van der Waals surface area contributed by atoms with Crippen LogP contribution in [0.1, 0.15) is 70.5 Å². The number of carbonyl (C=O) groups excluding carboxylic acids is 1. The third-order valence-corrected chi connectivity index (χ3v) is 7.76. The van der Waals surface area contributed by atoms with E-state index in [1.807, 2.05) is 6.92 Å². The van der Waals surface area contributed by atoms with Gasteiger partial charge in [-0.25, -0.2) is 4.98 Å². The van der Waals surface area contributed by atoms with Gasteiger partial charge in [0.25, 0.3) is 5.88 Å². The lowest BCUT2D eigenvalue weighted by Gasteiger charge is -2.39. The number of aliphatic hydroxyl groups excluding tert-OH is 1. The van der Waals surface area contributed by atoms with Crippen molar-refractivity contribution in [3.63, 3.8) is 0 Å². The third-order valence-electron chi connectivity index (χ3n) is 7.50. The van der Waals surface area contributed by atoms with Crippen LogP contribution in [0.4, 0.5) is 0 Å². The highest BCUT2D eigenvalue weighted by Crippen LogP contribution is 2.48. The van der Waals surface area contributed by atoms with Crippen molar-refractivity contribution in [1.82, 2.24) is 14.9 Å². The molecule has 2 heterocycles. The Bertz CT molecular complexity index is 981. The van der Waals surface area contributed by atoms with Crippen LogP contribution in [0, 0.1) is 10.8 Å². The van der Waals surface area contributed by atoms with E-state index < -0.39 is 5.41 Å². The topological polar surface area (TPSA) is 109 Å². The number of likely N-dealkylation sites (N-methyl/N-ethyl adjacent to an activating group) is 1. The van der Waals surface area contributed by atoms with Crippen molar-refractivity contribution in [1.29, 1.82) is 5.41 Å². The molecule has 1 spiro atoms. The smallest absolute Gasteiger partial charge is 0.262 e. The first kappa shape index (κ1) is 24.0.